The average molecular weight is 376 g/mol. The zero-order valence-corrected chi connectivity index (χ0v) is 17.4. The lowest BCUT2D eigenvalue weighted by Crippen LogP contribution is -2.26. The number of ether oxygens (including phenoxy) is 1. The van der Waals surface area contributed by atoms with E-state index >= 15 is 0 Å². The minimum absolute atomic E-state index is 0.321. The van der Waals surface area contributed by atoms with Crippen LogP contribution in [0.5, 0.6) is 5.75 Å². The van der Waals surface area contributed by atoms with Crippen LogP contribution >= 0.6 is 0 Å². The Morgan fingerprint density at radius 3 is 2.30 bits per heavy atom. The first kappa shape index (κ1) is 21.7. The zero-order chi connectivity index (χ0) is 19.7. The van der Waals surface area contributed by atoms with Crippen LogP contribution in [-0.2, 0) is 9.78 Å². The summed E-state index contributed by atoms with van der Waals surface area (Å²) in [6.07, 6.45) is 9.46. The fourth-order valence-electron chi connectivity index (χ4n) is 3.44. The van der Waals surface area contributed by atoms with E-state index in [9.17, 15) is 4.79 Å². The van der Waals surface area contributed by atoms with Gasteiger partial charge in [0.2, 0.25) is 0 Å². The van der Waals surface area contributed by atoms with Crippen LogP contribution in [0, 0.1) is 17.4 Å². The van der Waals surface area contributed by atoms with E-state index in [1.54, 1.807) is 24.3 Å². The molecule has 1 aliphatic rings. The first-order valence-corrected chi connectivity index (χ1v) is 10.4. The van der Waals surface area contributed by atoms with Gasteiger partial charge in [0.15, 0.2) is 0 Å². The van der Waals surface area contributed by atoms with Gasteiger partial charge in [0.1, 0.15) is 11.9 Å². The fourth-order valence-corrected chi connectivity index (χ4v) is 3.44. The first-order valence-electron chi connectivity index (χ1n) is 10.4. The Kier molecular flexibility index (Phi) is 8.62. The molecular weight excluding hydrogens is 340 g/mol. The molecule has 0 atom stereocenters. The lowest BCUT2D eigenvalue weighted by atomic mass is 9.72. The van der Waals surface area contributed by atoms with Crippen molar-refractivity contribution < 1.29 is 19.3 Å². The second-order valence-corrected chi connectivity index (χ2v) is 8.57. The molecule has 0 amide bonds. The Morgan fingerprint density at radius 2 is 1.70 bits per heavy atom. The SMILES string of the molecule is CCCCCCOc1ccc(C(=O)OO[C]2CCC(C(C)(C)C)CC2)cc1. The molecule has 4 nitrogen and oxygen atoms in total. The van der Waals surface area contributed by atoms with E-state index in [1.807, 2.05) is 0 Å². The van der Waals surface area contributed by atoms with E-state index in [4.69, 9.17) is 14.5 Å². The summed E-state index contributed by atoms with van der Waals surface area (Å²) in [4.78, 5) is 22.5. The highest BCUT2D eigenvalue weighted by molar-refractivity contribution is 5.89. The summed E-state index contributed by atoms with van der Waals surface area (Å²) >= 11 is 0. The number of hydrogen-bond donors (Lipinski definition) is 0. The van der Waals surface area contributed by atoms with Gasteiger partial charge in [0.25, 0.3) is 0 Å². The third-order valence-corrected chi connectivity index (χ3v) is 5.36. The van der Waals surface area contributed by atoms with E-state index < -0.39 is 5.97 Å². The van der Waals surface area contributed by atoms with Crippen molar-refractivity contribution in [2.45, 2.75) is 79.1 Å². The maximum atomic E-state index is 12.2. The van der Waals surface area contributed by atoms with Crippen molar-refractivity contribution in [1.82, 2.24) is 0 Å². The van der Waals surface area contributed by atoms with Crippen LogP contribution in [0.15, 0.2) is 24.3 Å². The smallest absolute Gasteiger partial charge is 0.373 e. The summed E-state index contributed by atoms with van der Waals surface area (Å²) < 4.78 is 5.69. The fraction of sp³-hybridized carbons (Fsp3) is 0.652. The van der Waals surface area contributed by atoms with Crippen LogP contribution in [0.3, 0.4) is 0 Å². The summed E-state index contributed by atoms with van der Waals surface area (Å²) in [6, 6.07) is 7.04. The predicted octanol–water partition coefficient (Wildman–Crippen LogP) is 6.50. The van der Waals surface area contributed by atoms with Crippen molar-refractivity contribution in [3.63, 3.8) is 0 Å². The molecule has 0 unspecified atom stereocenters. The van der Waals surface area contributed by atoms with Crippen molar-refractivity contribution in [3.8, 4) is 5.75 Å². The molecular formula is C23H35O4. The number of carbonyl (C=O) groups excluding carboxylic acids is 1. The van der Waals surface area contributed by atoms with Gasteiger partial charge in [-0.05, 0) is 67.7 Å². The number of benzene rings is 1. The molecule has 0 saturated heterocycles. The molecule has 0 spiro atoms. The monoisotopic (exact) mass is 375 g/mol. The molecule has 0 aliphatic heterocycles. The molecule has 0 heterocycles. The van der Waals surface area contributed by atoms with E-state index in [1.165, 1.54) is 19.3 Å². The predicted molar refractivity (Wildman–Crippen MR) is 107 cm³/mol. The van der Waals surface area contributed by atoms with Crippen LogP contribution in [0.1, 0.15) is 89.4 Å². The molecule has 27 heavy (non-hydrogen) atoms. The summed E-state index contributed by atoms with van der Waals surface area (Å²) in [5.41, 5.74) is 0.791. The maximum absolute atomic E-state index is 12.2. The number of rotatable bonds is 9. The molecule has 4 heteroatoms. The van der Waals surface area contributed by atoms with Gasteiger partial charge < -0.3 is 4.74 Å². The quantitative estimate of drug-likeness (QED) is 0.281. The summed E-state index contributed by atoms with van der Waals surface area (Å²) in [5.74, 6) is 1.00. The molecule has 1 aromatic carbocycles. The molecule has 1 fully saturated rings. The number of carbonyl (C=O) groups is 1. The Hall–Kier alpha value is -1.55. The molecule has 1 aromatic rings. The van der Waals surface area contributed by atoms with E-state index in [2.05, 4.69) is 27.7 Å². The Morgan fingerprint density at radius 1 is 1.04 bits per heavy atom. The first-order chi connectivity index (χ1) is 12.9. The van der Waals surface area contributed by atoms with Crippen molar-refractivity contribution in [1.29, 1.82) is 0 Å². The largest absolute Gasteiger partial charge is 0.494 e. The Balaban J connectivity index is 1.69. The van der Waals surface area contributed by atoms with Gasteiger partial charge >= 0.3 is 5.97 Å². The average Bonchev–Trinajstić information content (AvgIpc) is 2.66. The Bertz CT molecular complexity index is 551. The van der Waals surface area contributed by atoms with Gasteiger partial charge in [0.05, 0.1) is 12.2 Å². The van der Waals surface area contributed by atoms with Crippen LogP contribution in [0.25, 0.3) is 0 Å². The molecule has 0 bridgehead atoms. The van der Waals surface area contributed by atoms with Crippen LogP contribution in [0.4, 0.5) is 0 Å². The van der Waals surface area contributed by atoms with Gasteiger partial charge in [0, 0.05) is 0 Å². The third-order valence-electron chi connectivity index (χ3n) is 5.36. The molecule has 2 rings (SSSR count). The lowest BCUT2D eigenvalue weighted by Gasteiger charge is -2.35. The molecule has 0 aromatic heterocycles. The molecule has 1 radical (unpaired) electrons. The Labute approximate surface area is 164 Å². The van der Waals surface area contributed by atoms with Crippen LogP contribution < -0.4 is 4.74 Å². The summed E-state index contributed by atoms with van der Waals surface area (Å²) in [7, 11) is 0. The van der Waals surface area contributed by atoms with Crippen LogP contribution in [-0.4, -0.2) is 12.6 Å². The third kappa shape index (κ3) is 7.53. The molecule has 1 aliphatic carbocycles. The molecule has 1 saturated carbocycles. The van der Waals surface area contributed by atoms with Gasteiger partial charge in [-0.15, -0.1) is 0 Å². The zero-order valence-electron chi connectivity index (χ0n) is 17.4. The van der Waals surface area contributed by atoms with E-state index in [-0.39, 0.29) is 0 Å². The molecule has 0 N–H and O–H groups in total. The van der Waals surface area contributed by atoms with Gasteiger partial charge in [-0.25, -0.2) is 4.79 Å². The number of unbranched alkanes of at least 4 members (excludes halogenated alkanes) is 3. The highest BCUT2D eigenvalue weighted by atomic mass is 17.2. The van der Waals surface area contributed by atoms with E-state index in [0.717, 1.165) is 44.0 Å². The van der Waals surface area contributed by atoms with Crippen molar-refractivity contribution in [2.75, 3.05) is 6.61 Å². The highest BCUT2D eigenvalue weighted by Crippen LogP contribution is 2.40. The second-order valence-electron chi connectivity index (χ2n) is 8.57. The van der Waals surface area contributed by atoms with Gasteiger partial charge in [-0.2, -0.15) is 4.89 Å². The lowest BCUT2D eigenvalue weighted by molar-refractivity contribution is -0.241. The summed E-state index contributed by atoms with van der Waals surface area (Å²) in [6.45, 7) is 9.74. The van der Waals surface area contributed by atoms with E-state index in [0.29, 0.717) is 23.5 Å². The van der Waals surface area contributed by atoms with Crippen molar-refractivity contribution in [2.24, 2.45) is 11.3 Å². The highest BCUT2D eigenvalue weighted by Gasteiger charge is 2.31. The van der Waals surface area contributed by atoms with Gasteiger partial charge in [-0.1, -0.05) is 47.0 Å². The minimum atomic E-state index is -0.463. The standard InChI is InChI=1S/C23H35O4/c1-5-6-7-8-17-25-20-13-9-18(10-14-20)22(24)27-26-21-15-11-19(12-16-21)23(2,3)4/h9-10,13-14,19H,5-8,11-12,15-17H2,1-4H3. The van der Waals surface area contributed by atoms with Crippen LogP contribution in [0.2, 0.25) is 0 Å². The topological polar surface area (TPSA) is 44.8 Å². The molecule has 151 valence electrons. The second kappa shape index (κ2) is 10.7. The maximum Gasteiger partial charge on any atom is 0.373 e. The number of hydrogen-bond acceptors (Lipinski definition) is 4. The summed E-state index contributed by atoms with van der Waals surface area (Å²) in [5, 5.41) is 0. The normalized spacial score (nSPS) is 16.3. The van der Waals surface area contributed by atoms with Gasteiger partial charge in [-0.3, -0.25) is 4.89 Å². The van der Waals surface area contributed by atoms with Crippen molar-refractivity contribution in [3.05, 3.63) is 35.9 Å². The van der Waals surface area contributed by atoms with Crippen molar-refractivity contribution >= 4 is 5.97 Å². The minimum Gasteiger partial charge on any atom is -0.494 e.